The molecule has 0 saturated carbocycles. The molecular weight excluding hydrogens is 316 g/mol. The van der Waals surface area contributed by atoms with Crippen LogP contribution in [0, 0.1) is 0 Å². The minimum Gasteiger partial charge on any atom is -0.322 e. The number of carbonyl (C=O) groups excluding carboxylic acids is 1. The van der Waals surface area contributed by atoms with Gasteiger partial charge in [0.25, 0.3) is 5.91 Å². The normalized spacial score (nSPS) is 10.6. The molecule has 0 bridgehead atoms. The molecule has 0 fully saturated rings. The van der Waals surface area contributed by atoms with Crippen LogP contribution in [0.15, 0.2) is 79.9 Å². The van der Waals surface area contributed by atoms with Crippen molar-refractivity contribution in [2.45, 2.75) is 0 Å². The van der Waals surface area contributed by atoms with Crippen LogP contribution >= 0.6 is 0 Å². The maximum atomic E-state index is 12.4. The lowest BCUT2D eigenvalue weighted by Crippen LogP contribution is -2.12. The number of anilines is 1. The van der Waals surface area contributed by atoms with Crippen molar-refractivity contribution in [3.8, 4) is 11.4 Å². The van der Waals surface area contributed by atoms with Crippen molar-refractivity contribution in [2.75, 3.05) is 5.32 Å². The molecular formula is C18H14N6O. The van der Waals surface area contributed by atoms with Crippen LogP contribution in [0.25, 0.3) is 11.4 Å². The van der Waals surface area contributed by atoms with E-state index in [1.54, 1.807) is 35.7 Å². The summed E-state index contributed by atoms with van der Waals surface area (Å²) in [6.45, 7) is 0. The molecule has 2 aromatic heterocycles. The summed E-state index contributed by atoms with van der Waals surface area (Å²) in [6, 6.07) is 14.7. The minimum atomic E-state index is -0.166. The van der Waals surface area contributed by atoms with Crippen molar-refractivity contribution in [1.82, 2.24) is 24.3 Å². The van der Waals surface area contributed by atoms with Gasteiger partial charge in [-0.2, -0.15) is 5.10 Å². The van der Waals surface area contributed by atoms with Gasteiger partial charge in [-0.25, -0.2) is 14.6 Å². The number of hydrogen-bond donors (Lipinski definition) is 1. The van der Waals surface area contributed by atoms with Gasteiger partial charge in [0, 0.05) is 29.3 Å². The lowest BCUT2D eigenvalue weighted by Gasteiger charge is -2.08. The summed E-state index contributed by atoms with van der Waals surface area (Å²) in [7, 11) is 0. The van der Waals surface area contributed by atoms with Gasteiger partial charge in [-0.3, -0.25) is 4.79 Å². The predicted octanol–water partition coefficient (Wildman–Crippen LogP) is 2.71. The standard InChI is InChI=1S/C18H14N6O/c25-18(14-1-5-17(6-2-14)24-13-20-11-21-24)22-15-3-7-16(8-4-15)23-10-9-19-12-23/h1-13H,(H,22,25). The molecule has 2 heterocycles. The summed E-state index contributed by atoms with van der Waals surface area (Å²) in [5.74, 6) is -0.166. The van der Waals surface area contributed by atoms with Crippen LogP contribution in [-0.2, 0) is 0 Å². The molecule has 0 aliphatic heterocycles. The molecule has 25 heavy (non-hydrogen) atoms. The number of amides is 1. The van der Waals surface area contributed by atoms with Crippen molar-refractivity contribution >= 4 is 11.6 Å². The van der Waals surface area contributed by atoms with E-state index in [0.717, 1.165) is 17.1 Å². The van der Waals surface area contributed by atoms with E-state index in [1.165, 1.54) is 6.33 Å². The second-order valence-electron chi connectivity index (χ2n) is 5.36. The maximum Gasteiger partial charge on any atom is 0.255 e. The number of carbonyl (C=O) groups is 1. The van der Waals surface area contributed by atoms with Crippen LogP contribution in [-0.4, -0.2) is 30.2 Å². The molecule has 1 N–H and O–H groups in total. The fourth-order valence-corrected chi connectivity index (χ4v) is 2.44. The molecule has 4 rings (SSSR count). The van der Waals surface area contributed by atoms with Gasteiger partial charge in [0.2, 0.25) is 0 Å². The van der Waals surface area contributed by atoms with Gasteiger partial charge in [-0.15, -0.1) is 0 Å². The summed E-state index contributed by atoms with van der Waals surface area (Å²) < 4.78 is 3.53. The summed E-state index contributed by atoms with van der Waals surface area (Å²) >= 11 is 0. The first-order valence-electron chi connectivity index (χ1n) is 7.64. The van der Waals surface area contributed by atoms with Crippen molar-refractivity contribution in [3.05, 3.63) is 85.5 Å². The van der Waals surface area contributed by atoms with Crippen LogP contribution in [0.2, 0.25) is 0 Å². The number of nitrogens with one attached hydrogen (secondary N) is 1. The summed E-state index contributed by atoms with van der Waals surface area (Å²) in [4.78, 5) is 20.3. The number of hydrogen-bond acceptors (Lipinski definition) is 4. The average molecular weight is 330 g/mol. The van der Waals surface area contributed by atoms with Crippen LogP contribution in [0.5, 0.6) is 0 Å². The molecule has 0 spiro atoms. The number of nitrogens with zero attached hydrogens (tertiary/aromatic N) is 5. The molecule has 0 radical (unpaired) electrons. The van der Waals surface area contributed by atoms with Gasteiger partial charge >= 0.3 is 0 Å². The monoisotopic (exact) mass is 330 g/mol. The summed E-state index contributed by atoms with van der Waals surface area (Å²) in [6.07, 6.45) is 8.39. The van der Waals surface area contributed by atoms with Crippen LogP contribution in [0.1, 0.15) is 10.4 Å². The fraction of sp³-hybridized carbons (Fsp3) is 0. The highest BCUT2D eigenvalue weighted by Gasteiger charge is 2.07. The van der Waals surface area contributed by atoms with Gasteiger partial charge in [0.15, 0.2) is 0 Å². The largest absolute Gasteiger partial charge is 0.322 e. The van der Waals surface area contributed by atoms with Crippen LogP contribution in [0.4, 0.5) is 5.69 Å². The third kappa shape index (κ3) is 3.16. The van der Waals surface area contributed by atoms with Gasteiger partial charge < -0.3 is 9.88 Å². The summed E-state index contributed by atoms with van der Waals surface area (Å²) in [5, 5.41) is 6.94. The van der Waals surface area contributed by atoms with Gasteiger partial charge in [0.05, 0.1) is 12.0 Å². The smallest absolute Gasteiger partial charge is 0.255 e. The Morgan fingerprint density at radius 1 is 0.880 bits per heavy atom. The Bertz CT molecular complexity index is 958. The highest BCUT2D eigenvalue weighted by atomic mass is 16.1. The van der Waals surface area contributed by atoms with Crippen molar-refractivity contribution in [2.24, 2.45) is 0 Å². The van der Waals surface area contributed by atoms with E-state index in [9.17, 15) is 4.79 Å². The zero-order valence-corrected chi connectivity index (χ0v) is 13.1. The second kappa shape index (κ2) is 6.40. The Kier molecular flexibility index (Phi) is 3.80. The molecule has 0 aliphatic carbocycles. The second-order valence-corrected chi connectivity index (χ2v) is 5.36. The van der Waals surface area contributed by atoms with Crippen LogP contribution in [0.3, 0.4) is 0 Å². The molecule has 122 valence electrons. The maximum absolute atomic E-state index is 12.4. The van der Waals surface area contributed by atoms with Crippen LogP contribution < -0.4 is 5.32 Å². The number of benzene rings is 2. The first kappa shape index (κ1) is 14.8. The average Bonchev–Trinajstić information content (AvgIpc) is 3.36. The highest BCUT2D eigenvalue weighted by Crippen LogP contribution is 2.15. The molecule has 0 unspecified atom stereocenters. The third-order valence-corrected chi connectivity index (χ3v) is 3.74. The number of aromatic nitrogens is 5. The quantitative estimate of drug-likeness (QED) is 0.624. The highest BCUT2D eigenvalue weighted by molar-refractivity contribution is 6.04. The molecule has 1 amide bonds. The Morgan fingerprint density at radius 3 is 2.28 bits per heavy atom. The fourth-order valence-electron chi connectivity index (χ4n) is 2.44. The molecule has 2 aromatic carbocycles. The third-order valence-electron chi connectivity index (χ3n) is 3.74. The Hall–Kier alpha value is -3.74. The lowest BCUT2D eigenvalue weighted by molar-refractivity contribution is 0.102. The molecule has 0 aliphatic rings. The Balaban J connectivity index is 1.46. The van der Waals surface area contributed by atoms with Gasteiger partial charge in [-0.05, 0) is 48.5 Å². The van der Waals surface area contributed by atoms with Crippen molar-refractivity contribution in [3.63, 3.8) is 0 Å². The Labute approximate surface area is 143 Å². The summed E-state index contributed by atoms with van der Waals surface area (Å²) in [5.41, 5.74) is 3.13. The Morgan fingerprint density at radius 2 is 1.64 bits per heavy atom. The molecule has 4 aromatic rings. The van der Waals surface area contributed by atoms with Gasteiger partial charge in [-0.1, -0.05) is 0 Å². The molecule has 7 heteroatoms. The SMILES string of the molecule is O=C(Nc1ccc(-n2ccnc2)cc1)c1ccc(-n2cncn2)cc1. The van der Waals surface area contributed by atoms with E-state index < -0.39 is 0 Å². The first-order chi connectivity index (χ1) is 12.3. The van der Waals surface area contributed by atoms with E-state index in [0.29, 0.717) is 5.56 Å². The van der Waals surface area contributed by atoms with Gasteiger partial charge in [0.1, 0.15) is 12.7 Å². The first-order valence-corrected chi connectivity index (χ1v) is 7.64. The molecule has 0 saturated heterocycles. The topological polar surface area (TPSA) is 77.6 Å². The molecule has 7 nitrogen and oxygen atoms in total. The zero-order valence-electron chi connectivity index (χ0n) is 13.1. The van der Waals surface area contributed by atoms with E-state index in [1.807, 2.05) is 47.2 Å². The molecule has 0 atom stereocenters. The van der Waals surface area contributed by atoms with Crippen molar-refractivity contribution < 1.29 is 4.79 Å². The van der Waals surface area contributed by atoms with Crippen molar-refractivity contribution in [1.29, 1.82) is 0 Å². The number of rotatable bonds is 4. The zero-order chi connectivity index (χ0) is 17.1. The van der Waals surface area contributed by atoms with E-state index in [-0.39, 0.29) is 5.91 Å². The minimum absolute atomic E-state index is 0.166. The van der Waals surface area contributed by atoms with E-state index >= 15 is 0 Å². The van der Waals surface area contributed by atoms with E-state index in [4.69, 9.17) is 0 Å². The lowest BCUT2D eigenvalue weighted by atomic mass is 10.2. The predicted molar refractivity (Wildman–Crippen MR) is 92.9 cm³/mol. The van der Waals surface area contributed by atoms with E-state index in [2.05, 4.69) is 20.4 Å². The number of imidazole rings is 1.